The minimum Gasteiger partial charge on any atom is -0.461 e. The van der Waals surface area contributed by atoms with Crippen LogP contribution in [0.25, 0.3) is 0 Å². The SMILES string of the molecule is [B][C@@H]1O[C@@]2(CC(=O)OCc3ccccc3)CC(=C)C1[C@H]2C. The van der Waals surface area contributed by atoms with Crippen molar-refractivity contribution >= 4 is 13.8 Å². The Kier molecular flexibility index (Phi) is 3.66. The Morgan fingerprint density at radius 2 is 2.19 bits per heavy atom. The number of hydrogen-bond acceptors (Lipinski definition) is 3. The molecule has 108 valence electrons. The van der Waals surface area contributed by atoms with E-state index in [0.717, 1.165) is 11.1 Å². The summed E-state index contributed by atoms with van der Waals surface area (Å²) in [6, 6.07) is 9.31. The maximum atomic E-state index is 12.1. The van der Waals surface area contributed by atoms with Crippen LogP contribution < -0.4 is 0 Å². The first-order valence-electron chi connectivity index (χ1n) is 7.32. The van der Waals surface area contributed by atoms with Crippen molar-refractivity contribution in [2.45, 2.75) is 38.0 Å². The van der Waals surface area contributed by atoms with E-state index < -0.39 is 5.60 Å². The summed E-state index contributed by atoms with van der Waals surface area (Å²) >= 11 is 0. The van der Waals surface area contributed by atoms with Crippen LogP contribution in [0.15, 0.2) is 42.5 Å². The third-order valence-electron chi connectivity index (χ3n) is 4.78. The monoisotopic (exact) mass is 282 g/mol. The molecule has 1 saturated carbocycles. The molecule has 1 unspecified atom stereocenters. The largest absolute Gasteiger partial charge is 0.461 e. The second-order valence-corrected chi connectivity index (χ2v) is 6.12. The molecule has 1 aromatic rings. The van der Waals surface area contributed by atoms with Crippen LogP contribution in [0.5, 0.6) is 0 Å². The van der Waals surface area contributed by atoms with E-state index in [2.05, 4.69) is 13.5 Å². The Balaban J connectivity index is 1.61. The molecule has 0 aromatic heterocycles. The van der Waals surface area contributed by atoms with E-state index >= 15 is 0 Å². The third-order valence-corrected chi connectivity index (χ3v) is 4.78. The quantitative estimate of drug-likeness (QED) is 0.484. The molecule has 1 aliphatic heterocycles. The van der Waals surface area contributed by atoms with Crippen molar-refractivity contribution in [3.63, 3.8) is 0 Å². The maximum absolute atomic E-state index is 12.1. The number of rotatable bonds is 4. The van der Waals surface area contributed by atoms with Crippen LogP contribution in [0.4, 0.5) is 0 Å². The highest BCUT2D eigenvalue weighted by Crippen LogP contribution is 2.55. The molecule has 1 aromatic carbocycles. The molecule has 0 spiro atoms. The lowest BCUT2D eigenvalue weighted by molar-refractivity contribution is -0.153. The summed E-state index contributed by atoms with van der Waals surface area (Å²) in [5.74, 6) is 0.129. The summed E-state index contributed by atoms with van der Waals surface area (Å²) in [7, 11) is 5.99. The molecule has 4 atom stereocenters. The third kappa shape index (κ3) is 2.53. The Hall–Kier alpha value is -1.55. The molecule has 2 aliphatic rings. The highest BCUT2D eigenvalue weighted by molar-refractivity contribution is 6.11. The van der Waals surface area contributed by atoms with Crippen LogP contribution in [0.1, 0.15) is 25.3 Å². The van der Waals surface area contributed by atoms with Crippen LogP contribution in [0.2, 0.25) is 0 Å². The summed E-state index contributed by atoms with van der Waals surface area (Å²) < 4.78 is 11.2. The van der Waals surface area contributed by atoms with Gasteiger partial charge in [0.15, 0.2) is 0 Å². The summed E-state index contributed by atoms with van der Waals surface area (Å²) in [5.41, 5.74) is 1.56. The van der Waals surface area contributed by atoms with Crippen molar-refractivity contribution in [2.75, 3.05) is 0 Å². The van der Waals surface area contributed by atoms with E-state index in [1.807, 2.05) is 30.3 Å². The highest BCUT2D eigenvalue weighted by atomic mass is 16.5. The number of ether oxygens (including phenoxy) is 2. The van der Waals surface area contributed by atoms with E-state index in [9.17, 15) is 4.79 Å². The molecule has 1 aliphatic carbocycles. The predicted molar refractivity (Wildman–Crippen MR) is 80.6 cm³/mol. The first-order chi connectivity index (χ1) is 10.0. The molecular weight excluding hydrogens is 263 g/mol. The van der Waals surface area contributed by atoms with Crippen LogP contribution >= 0.6 is 0 Å². The van der Waals surface area contributed by atoms with Gasteiger partial charge in [-0.1, -0.05) is 49.4 Å². The van der Waals surface area contributed by atoms with Gasteiger partial charge in [-0.2, -0.15) is 0 Å². The molecule has 0 amide bonds. The van der Waals surface area contributed by atoms with Gasteiger partial charge in [0.25, 0.3) is 0 Å². The standard InChI is InChI=1S/C17H19BO3/c1-11-8-17(12(2)15(11)16(18)21-17)9-14(19)20-10-13-6-4-3-5-7-13/h3-7,12,15-16H,1,8-10H2,2H3/t12-,15?,16-,17-/m1/s1. The molecule has 3 nitrogen and oxygen atoms in total. The van der Waals surface area contributed by atoms with Gasteiger partial charge in [-0.3, -0.25) is 4.79 Å². The van der Waals surface area contributed by atoms with E-state index in [4.69, 9.17) is 17.3 Å². The molecule has 4 heteroatoms. The number of hydrogen-bond donors (Lipinski definition) is 0. The molecule has 1 heterocycles. The number of esters is 1. The molecule has 3 rings (SSSR count). The Bertz CT molecular complexity index is 556. The van der Waals surface area contributed by atoms with Gasteiger partial charge in [0, 0.05) is 11.9 Å². The first kappa shape index (κ1) is 14.4. The average molecular weight is 282 g/mol. The summed E-state index contributed by atoms with van der Waals surface area (Å²) in [5, 5.41) is 0. The van der Waals surface area contributed by atoms with Gasteiger partial charge < -0.3 is 9.47 Å². The van der Waals surface area contributed by atoms with Gasteiger partial charge in [-0.05, 0) is 17.9 Å². The van der Waals surface area contributed by atoms with Crippen molar-refractivity contribution in [3.05, 3.63) is 48.0 Å². The summed E-state index contributed by atoms with van der Waals surface area (Å²) in [6.45, 7) is 6.45. The average Bonchev–Trinajstić information content (AvgIpc) is 2.82. The van der Waals surface area contributed by atoms with Crippen LogP contribution in [-0.4, -0.2) is 25.4 Å². The zero-order chi connectivity index (χ0) is 15.0. The van der Waals surface area contributed by atoms with E-state index in [-0.39, 0.29) is 30.2 Å². The second kappa shape index (κ2) is 5.34. The van der Waals surface area contributed by atoms with Crippen molar-refractivity contribution in [1.82, 2.24) is 0 Å². The van der Waals surface area contributed by atoms with Gasteiger partial charge in [0.1, 0.15) is 14.5 Å². The number of benzene rings is 1. The van der Waals surface area contributed by atoms with Gasteiger partial charge >= 0.3 is 5.97 Å². The minimum atomic E-state index is -0.519. The molecular formula is C17H19BO3. The maximum Gasteiger partial charge on any atom is 0.309 e. The molecule has 2 fully saturated rings. The van der Waals surface area contributed by atoms with Crippen molar-refractivity contribution in [1.29, 1.82) is 0 Å². The van der Waals surface area contributed by atoms with Gasteiger partial charge in [-0.15, -0.1) is 0 Å². The van der Waals surface area contributed by atoms with Crippen molar-refractivity contribution in [2.24, 2.45) is 11.8 Å². The van der Waals surface area contributed by atoms with Gasteiger partial charge in [0.05, 0.1) is 12.0 Å². The smallest absolute Gasteiger partial charge is 0.309 e. The van der Waals surface area contributed by atoms with E-state index in [0.29, 0.717) is 13.0 Å². The Morgan fingerprint density at radius 3 is 2.81 bits per heavy atom. The van der Waals surface area contributed by atoms with Crippen LogP contribution in [-0.2, 0) is 20.9 Å². The summed E-state index contributed by atoms with van der Waals surface area (Å²) in [6.07, 6.45) is 0.942. The fraction of sp³-hybridized carbons (Fsp3) is 0.471. The normalized spacial score (nSPS) is 34.1. The zero-order valence-corrected chi connectivity index (χ0v) is 12.2. The zero-order valence-electron chi connectivity index (χ0n) is 12.2. The lowest BCUT2D eigenvalue weighted by Gasteiger charge is -2.31. The van der Waals surface area contributed by atoms with Crippen molar-refractivity contribution in [3.8, 4) is 0 Å². The second-order valence-electron chi connectivity index (χ2n) is 6.12. The van der Waals surface area contributed by atoms with Crippen molar-refractivity contribution < 1.29 is 14.3 Å². The van der Waals surface area contributed by atoms with Gasteiger partial charge in [-0.25, -0.2) is 0 Å². The highest BCUT2D eigenvalue weighted by Gasteiger charge is 2.58. The van der Waals surface area contributed by atoms with Crippen LogP contribution in [0.3, 0.4) is 0 Å². The fourth-order valence-electron chi connectivity index (χ4n) is 3.65. The van der Waals surface area contributed by atoms with E-state index in [1.54, 1.807) is 0 Å². The minimum absolute atomic E-state index is 0.159. The van der Waals surface area contributed by atoms with Gasteiger partial charge in [0.2, 0.25) is 0 Å². The predicted octanol–water partition coefficient (Wildman–Crippen LogP) is 2.60. The van der Waals surface area contributed by atoms with Crippen LogP contribution in [0, 0.1) is 11.8 Å². The lowest BCUT2D eigenvalue weighted by atomic mass is 9.80. The molecule has 2 bridgehead atoms. The number of fused-ring (bicyclic) bond motifs is 2. The summed E-state index contributed by atoms with van der Waals surface area (Å²) in [4.78, 5) is 12.1. The first-order valence-corrected chi connectivity index (χ1v) is 7.32. The molecule has 0 N–H and O–H groups in total. The fourth-order valence-corrected chi connectivity index (χ4v) is 3.65. The molecule has 1 saturated heterocycles. The molecule has 2 radical (unpaired) electrons. The Labute approximate surface area is 126 Å². The lowest BCUT2D eigenvalue weighted by Crippen LogP contribution is -2.37. The number of carbonyl (C=O) groups excluding carboxylic acids is 1. The topological polar surface area (TPSA) is 35.5 Å². The number of carbonyl (C=O) groups is 1. The van der Waals surface area contributed by atoms with E-state index in [1.165, 1.54) is 0 Å². The Morgan fingerprint density at radius 1 is 1.48 bits per heavy atom. The molecule has 21 heavy (non-hydrogen) atoms.